The first-order valence-corrected chi connectivity index (χ1v) is 5.28. The maximum Gasteiger partial charge on any atom is 0.178 e. The van der Waals surface area contributed by atoms with E-state index in [0.717, 1.165) is 9.79 Å². The predicted molar refractivity (Wildman–Crippen MR) is 57.3 cm³/mol. The molecular formula is C12H8O2S. The fraction of sp³-hybridized carbons (Fsp3) is 0. The average molecular weight is 216 g/mol. The maximum absolute atomic E-state index is 10.9. The highest BCUT2D eigenvalue weighted by molar-refractivity contribution is 7.99. The molecule has 2 nitrogen and oxygen atoms in total. The Morgan fingerprint density at radius 3 is 1.27 bits per heavy atom. The SMILES string of the molecule is [O]c1ccc(Sc2ccc([O])cc2)cc1. The molecule has 0 amide bonds. The molecule has 15 heavy (non-hydrogen) atoms. The predicted octanol–water partition coefficient (Wildman–Crippen LogP) is 4.13. The molecular weight excluding hydrogens is 208 g/mol. The first-order chi connectivity index (χ1) is 7.24. The van der Waals surface area contributed by atoms with Crippen molar-refractivity contribution in [3.63, 3.8) is 0 Å². The summed E-state index contributed by atoms with van der Waals surface area (Å²) in [6, 6.07) is 13.2. The molecule has 0 N–H and O–H groups in total. The fourth-order valence-electron chi connectivity index (χ4n) is 1.15. The van der Waals surface area contributed by atoms with E-state index >= 15 is 0 Å². The summed E-state index contributed by atoms with van der Waals surface area (Å²) in [6.45, 7) is 0. The lowest BCUT2D eigenvalue weighted by molar-refractivity contribution is 0.354. The third-order valence-corrected chi connectivity index (χ3v) is 2.90. The number of hydrogen-bond donors (Lipinski definition) is 0. The molecule has 0 aromatic heterocycles. The van der Waals surface area contributed by atoms with Crippen LogP contribution in [0.15, 0.2) is 58.3 Å². The molecule has 0 atom stereocenters. The molecule has 0 saturated carbocycles. The Labute approximate surface area is 92.2 Å². The molecule has 0 aliphatic rings. The van der Waals surface area contributed by atoms with Gasteiger partial charge < -0.3 is 0 Å². The van der Waals surface area contributed by atoms with E-state index in [1.165, 1.54) is 36.0 Å². The number of rotatable bonds is 2. The van der Waals surface area contributed by atoms with E-state index < -0.39 is 0 Å². The van der Waals surface area contributed by atoms with Crippen LogP contribution in [0.4, 0.5) is 0 Å². The second-order valence-corrected chi connectivity index (χ2v) is 4.19. The van der Waals surface area contributed by atoms with E-state index in [9.17, 15) is 10.2 Å². The molecule has 0 aliphatic carbocycles. The van der Waals surface area contributed by atoms with Crippen molar-refractivity contribution in [2.75, 3.05) is 0 Å². The van der Waals surface area contributed by atoms with Crippen LogP contribution in [0.5, 0.6) is 11.5 Å². The largest absolute Gasteiger partial charge is 0.290 e. The smallest absolute Gasteiger partial charge is 0.178 e. The van der Waals surface area contributed by atoms with Crippen molar-refractivity contribution in [1.29, 1.82) is 0 Å². The number of benzene rings is 2. The van der Waals surface area contributed by atoms with Gasteiger partial charge in [-0.05, 0) is 48.5 Å². The molecule has 0 heterocycles. The Morgan fingerprint density at radius 2 is 0.933 bits per heavy atom. The molecule has 0 bridgehead atoms. The van der Waals surface area contributed by atoms with Crippen LogP contribution in [0.2, 0.25) is 0 Å². The average Bonchev–Trinajstić information content (AvgIpc) is 2.25. The molecule has 2 aromatic carbocycles. The van der Waals surface area contributed by atoms with Gasteiger partial charge in [-0.2, -0.15) is 0 Å². The van der Waals surface area contributed by atoms with Crippen molar-refractivity contribution in [2.45, 2.75) is 9.79 Å². The molecule has 0 saturated heterocycles. The van der Waals surface area contributed by atoms with Crippen molar-refractivity contribution in [1.82, 2.24) is 0 Å². The standard InChI is InChI=1S/C12H8O2S/c13-9-1-5-11(6-2-9)15-12-7-3-10(14)4-8-12/h1-8H. The second kappa shape index (κ2) is 4.28. The fourth-order valence-corrected chi connectivity index (χ4v) is 1.97. The topological polar surface area (TPSA) is 39.8 Å². The summed E-state index contributed by atoms with van der Waals surface area (Å²) in [6.07, 6.45) is 0. The van der Waals surface area contributed by atoms with Gasteiger partial charge in [0.15, 0.2) is 11.5 Å². The molecule has 0 spiro atoms. The van der Waals surface area contributed by atoms with Crippen LogP contribution in [0.3, 0.4) is 0 Å². The summed E-state index contributed by atoms with van der Waals surface area (Å²) < 4.78 is 0. The lowest BCUT2D eigenvalue weighted by Crippen LogP contribution is -1.72. The number of hydrogen-bond acceptors (Lipinski definition) is 1. The summed E-state index contributed by atoms with van der Waals surface area (Å²) in [4.78, 5) is 1.99. The van der Waals surface area contributed by atoms with E-state index in [4.69, 9.17) is 0 Å². The summed E-state index contributed by atoms with van der Waals surface area (Å²) in [7, 11) is 0. The zero-order valence-corrected chi connectivity index (χ0v) is 8.66. The van der Waals surface area contributed by atoms with Gasteiger partial charge in [-0.25, -0.2) is 0 Å². The Bertz CT molecular complexity index is 391. The highest BCUT2D eigenvalue weighted by Crippen LogP contribution is 2.29. The summed E-state index contributed by atoms with van der Waals surface area (Å²) in [5.41, 5.74) is 0. The van der Waals surface area contributed by atoms with Crippen LogP contribution < -0.4 is 0 Å². The summed E-state index contributed by atoms with van der Waals surface area (Å²) in [5.74, 6) is 0.0171. The van der Waals surface area contributed by atoms with Gasteiger partial charge in [-0.3, -0.25) is 10.2 Å². The summed E-state index contributed by atoms with van der Waals surface area (Å²) in [5, 5.41) is 21.7. The molecule has 2 radical (unpaired) electrons. The van der Waals surface area contributed by atoms with Gasteiger partial charge in [-0.15, -0.1) is 0 Å². The minimum atomic E-state index is 0.00857. The first kappa shape index (κ1) is 9.93. The van der Waals surface area contributed by atoms with Crippen LogP contribution >= 0.6 is 11.8 Å². The molecule has 2 aromatic rings. The van der Waals surface area contributed by atoms with Crippen LogP contribution in [0, 0.1) is 0 Å². The van der Waals surface area contributed by atoms with Gasteiger partial charge >= 0.3 is 0 Å². The van der Waals surface area contributed by atoms with Gasteiger partial charge in [-0.1, -0.05) is 11.8 Å². The minimum absolute atomic E-state index is 0.00857. The Kier molecular flexibility index (Phi) is 2.83. The van der Waals surface area contributed by atoms with E-state index in [-0.39, 0.29) is 11.5 Å². The zero-order chi connectivity index (χ0) is 10.7. The Morgan fingerprint density at radius 1 is 0.600 bits per heavy atom. The Balaban J connectivity index is 2.15. The van der Waals surface area contributed by atoms with Crippen LogP contribution in [0.25, 0.3) is 0 Å². The molecule has 2 rings (SSSR count). The van der Waals surface area contributed by atoms with Crippen molar-refractivity contribution in [3.8, 4) is 11.5 Å². The maximum atomic E-state index is 10.9. The van der Waals surface area contributed by atoms with Crippen LogP contribution in [0.1, 0.15) is 0 Å². The van der Waals surface area contributed by atoms with Gasteiger partial charge in [0.05, 0.1) is 0 Å². The first-order valence-electron chi connectivity index (χ1n) is 4.46. The lowest BCUT2D eigenvalue weighted by Gasteiger charge is -2.00. The molecule has 0 fully saturated rings. The quantitative estimate of drug-likeness (QED) is 0.744. The third kappa shape index (κ3) is 2.67. The highest BCUT2D eigenvalue weighted by atomic mass is 32.2. The summed E-state index contributed by atoms with van der Waals surface area (Å²) >= 11 is 1.53. The normalized spacial score (nSPS) is 10.1. The van der Waals surface area contributed by atoms with Crippen LogP contribution in [-0.4, -0.2) is 0 Å². The molecule has 0 aliphatic heterocycles. The van der Waals surface area contributed by atoms with Crippen molar-refractivity contribution in [3.05, 3.63) is 48.5 Å². The van der Waals surface area contributed by atoms with Gasteiger partial charge in [0.1, 0.15) is 0 Å². The van der Waals surface area contributed by atoms with Crippen molar-refractivity contribution < 1.29 is 10.2 Å². The molecule has 3 heteroatoms. The molecule has 74 valence electrons. The van der Waals surface area contributed by atoms with E-state index in [1.54, 1.807) is 24.3 Å². The van der Waals surface area contributed by atoms with Gasteiger partial charge in [0.2, 0.25) is 0 Å². The monoisotopic (exact) mass is 216 g/mol. The lowest BCUT2D eigenvalue weighted by atomic mass is 10.3. The third-order valence-electron chi connectivity index (χ3n) is 1.88. The van der Waals surface area contributed by atoms with Crippen molar-refractivity contribution in [2.24, 2.45) is 0 Å². The Hall–Kier alpha value is -1.61. The van der Waals surface area contributed by atoms with E-state index in [2.05, 4.69) is 0 Å². The molecule has 0 unspecified atom stereocenters. The second-order valence-electron chi connectivity index (χ2n) is 3.04. The minimum Gasteiger partial charge on any atom is -0.290 e. The van der Waals surface area contributed by atoms with Crippen LogP contribution in [-0.2, 0) is 10.2 Å². The van der Waals surface area contributed by atoms with Crippen molar-refractivity contribution >= 4 is 11.8 Å². The van der Waals surface area contributed by atoms with E-state index in [0.29, 0.717) is 0 Å². The van der Waals surface area contributed by atoms with Gasteiger partial charge in [0, 0.05) is 9.79 Å². The highest BCUT2D eigenvalue weighted by Gasteiger charge is 1.98. The zero-order valence-electron chi connectivity index (χ0n) is 7.84. The van der Waals surface area contributed by atoms with E-state index in [1.807, 2.05) is 0 Å². The van der Waals surface area contributed by atoms with Gasteiger partial charge in [0.25, 0.3) is 0 Å².